The first kappa shape index (κ1) is 17.5. The molecule has 3 amide bonds. The maximum atomic E-state index is 13.3. The molecule has 6 heteroatoms. The van der Waals surface area contributed by atoms with Crippen LogP contribution >= 0.6 is 11.6 Å². The number of hydrogen-bond acceptors (Lipinski definition) is 2. The molecule has 4 nitrogen and oxygen atoms in total. The van der Waals surface area contributed by atoms with Crippen LogP contribution in [0.2, 0.25) is 5.02 Å². The van der Waals surface area contributed by atoms with E-state index in [2.05, 4.69) is 5.32 Å². The summed E-state index contributed by atoms with van der Waals surface area (Å²) in [5.74, 6) is -0.842. The SMILES string of the molecule is CC1(c2cccc3ccccc23)NC(=O)N(Cc2ccc(F)cc2Cl)C1=O. The number of nitrogens with zero attached hydrogens (tertiary/aromatic N) is 1. The lowest BCUT2D eigenvalue weighted by Gasteiger charge is -2.24. The molecule has 1 unspecified atom stereocenters. The molecular formula is C21H16ClFN2O2. The third-order valence-electron chi connectivity index (χ3n) is 4.95. The van der Waals surface area contributed by atoms with Gasteiger partial charge in [-0.2, -0.15) is 0 Å². The van der Waals surface area contributed by atoms with Crippen molar-refractivity contribution in [3.8, 4) is 0 Å². The highest BCUT2D eigenvalue weighted by Gasteiger charge is 2.49. The standard InChI is InChI=1S/C21H16ClFN2O2/c1-21(17-8-4-6-13-5-2-3-7-16(13)17)19(26)25(20(27)24-21)12-14-9-10-15(23)11-18(14)22/h2-11H,12H2,1H3,(H,24,27). The third kappa shape index (κ3) is 2.84. The maximum absolute atomic E-state index is 13.3. The van der Waals surface area contributed by atoms with Crippen molar-refractivity contribution in [2.24, 2.45) is 0 Å². The van der Waals surface area contributed by atoms with Gasteiger partial charge in [0.25, 0.3) is 5.91 Å². The van der Waals surface area contributed by atoms with Crippen molar-refractivity contribution in [1.29, 1.82) is 0 Å². The Morgan fingerprint density at radius 3 is 2.59 bits per heavy atom. The van der Waals surface area contributed by atoms with Crippen LogP contribution in [0.3, 0.4) is 0 Å². The van der Waals surface area contributed by atoms with Crippen molar-refractivity contribution in [2.45, 2.75) is 19.0 Å². The number of halogens is 2. The average Bonchev–Trinajstić information content (AvgIpc) is 2.87. The molecule has 3 aromatic carbocycles. The van der Waals surface area contributed by atoms with Crippen LogP contribution in [-0.2, 0) is 16.9 Å². The van der Waals surface area contributed by atoms with E-state index in [1.807, 2.05) is 42.5 Å². The van der Waals surface area contributed by atoms with E-state index in [0.29, 0.717) is 5.56 Å². The van der Waals surface area contributed by atoms with Crippen LogP contribution in [0.4, 0.5) is 9.18 Å². The molecule has 1 saturated heterocycles. The number of fused-ring (bicyclic) bond motifs is 1. The van der Waals surface area contributed by atoms with Crippen molar-refractivity contribution < 1.29 is 14.0 Å². The molecule has 136 valence electrons. The molecule has 1 fully saturated rings. The number of carbonyl (C=O) groups is 2. The van der Waals surface area contributed by atoms with Crippen LogP contribution in [-0.4, -0.2) is 16.8 Å². The number of rotatable bonds is 3. The summed E-state index contributed by atoms with van der Waals surface area (Å²) in [4.78, 5) is 26.9. The predicted octanol–water partition coefficient (Wildman–Crippen LogP) is 4.60. The highest BCUT2D eigenvalue weighted by molar-refractivity contribution is 6.31. The second-order valence-electron chi connectivity index (χ2n) is 6.71. The quantitative estimate of drug-likeness (QED) is 0.673. The average molecular weight is 383 g/mol. The largest absolute Gasteiger partial charge is 0.325 e. The number of amides is 3. The first-order valence-corrected chi connectivity index (χ1v) is 8.84. The normalized spacial score (nSPS) is 19.6. The van der Waals surface area contributed by atoms with Gasteiger partial charge in [-0.05, 0) is 41.0 Å². The summed E-state index contributed by atoms with van der Waals surface area (Å²) in [6.45, 7) is 1.67. The molecule has 0 spiro atoms. The van der Waals surface area contributed by atoms with E-state index in [4.69, 9.17) is 11.6 Å². The summed E-state index contributed by atoms with van der Waals surface area (Å²) in [7, 11) is 0. The van der Waals surface area contributed by atoms with Crippen molar-refractivity contribution in [3.63, 3.8) is 0 Å². The molecular weight excluding hydrogens is 367 g/mol. The molecule has 1 heterocycles. The first-order chi connectivity index (χ1) is 12.9. The van der Waals surface area contributed by atoms with E-state index >= 15 is 0 Å². The molecule has 1 atom stereocenters. The lowest BCUT2D eigenvalue weighted by atomic mass is 9.88. The molecule has 4 rings (SSSR count). The molecule has 1 N–H and O–H groups in total. The Balaban J connectivity index is 1.73. The van der Waals surface area contributed by atoms with Gasteiger partial charge in [0.05, 0.1) is 6.54 Å². The Bertz CT molecular complexity index is 1080. The first-order valence-electron chi connectivity index (χ1n) is 8.46. The van der Waals surface area contributed by atoms with Gasteiger partial charge >= 0.3 is 6.03 Å². The molecule has 3 aromatic rings. The number of nitrogens with one attached hydrogen (secondary N) is 1. The van der Waals surface area contributed by atoms with Gasteiger partial charge in [-0.1, -0.05) is 60.1 Å². The molecule has 1 aliphatic rings. The third-order valence-corrected chi connectivity index (χ3v) is 5.30. The fourth-order valence-corrected chi connectivity index (χ4v) is 3.73. The molecule has 0 bridgehead atoms. The van der Waals surface area contributed by atoms with Crippen LogP contribution in [0.25, 0.3) is 10.8 Å². The predicted molar refractivity (Wildman–Crippen MR) is 102 cm³/mol. The van der Waals surface area contributed by atoms with E-state index in [9.17, 15) is 14.0 Å². The van der Waals surface area contributed by atoms with Crippen molar-refractivity contribution in [2.75, 3.05) is 0 Å². The van der Waals surface area contributed by atoms with Crippen LogP contribution in [0.15, 0.2) is 60.7 Å². The van der Waals surface area contributed by atoms with Gasteiger partial charge in [0, 0.05) is 5.02 Å². The molecule has 0 aliphatic carbocycles. The van der Waals surface area contributed by atoms with Gasteiger partial charge in [0.15, 0.2) is 0 Å². The number of hydrogen-bond donors (Lipinski definition) is 1. The highest BCUT2D eigenvalue weighted by atomic mass is 35.5. The van der Waals surface area contributed by atoms with E-state index in [-0.39, 0.29) is 17.5 Å². The topological polar surface area (TPSA) is 49.4 Å². The molecule has 27 heavy (non-hydrogen) atoms. The zero-order valence-corrected chi connectivity index (χ0v) is 15.3. The summed E-state index contributed by atoms with van der Waals surface area (Å²) in [5, 5.41) is 4.87. The monoisotopic (exact) mass is 382 g/mol. The van der Waals surface area contributed by atoms with E-state index < -0.39 is 17.4 Å². The molecule has 0 aromatic heterocycles. The minimum atomic E-state index is -1.19. The fourth-order valence-electron chi connectivity index (χ4n) is 3.50. The van der Waals surface area contributed by atoms with E-state index in [1.165, 1.54) is 18.2 Å². The van der Waals surface area contributed by atoms with Gasteiger partial charge in [-0.3, -0.25) is 9.69 Å². The minimum Gasteiger partial charge on any atom is -0.319 e. The maximum Gasteiger partial charge on any atom is 0.325 e. The van der Waals surface area contributed by atoms with Crippen LogP contribution < -0.4 is 5.32 Å². The lowest BCUT2D eigenvalue weighted by Crippen LogP contribution is -2.41. The molecule has 1 aliphatic heterocycles. The van der Waals surface area contributed by atoms with E-state index in [1.54, 1.807) is 6.92 Å². The van der Waals surface area contributed by atoms with Crippen molar-refractivity contribution in [3.05, 3.63) is 82.6 Å². The van der Waals surface area contributed by atoms with Gasteiger partial charge < -0.3 is 5.32 Å². The van der Waals surface area contributed by atoms with Crippen LogP contribution in [0, 0.1) is 5.82 Å². The number of carbonyl (C=O) groups excluding carboxylic acids is 2. The van der Waals surface area contributed by atoms with Gasteiger partial charge in [0.1, 0.15) is 11.4 Å². The summed E-state index contributed by atoms with van der Waals surface area (Å²) in [5.41, 5.74) is 0.0418. The van der Waals surface area contributed by atoms with Crippen molar-refractivity contribution >= 4 is 34.3 Å². The number of urea groups is 1. The Morgan fingerprint density at radius 2 is 1.81 bits per heavy atom. The summed E-state index contributed by atoms with van der Waals surface area (Å²) in [6, 6.07) is 16.8. The second kappa shape index (κ2) is 6.35. The van der Waals surface area contributed by atoms with Gasteiger partial charge in [-0.25, -0.2) is 9.18 Å². The Morgan fingerprint density at radius 1 is 1.07 bits per heavy atom. The van der Waals surface area contributed by atoms with Gasteiger partial charge in [0.2, 0.25) is 0 Å². The number of imide groups is 1. The van der Waals surface area contributed by atoms with Crippen LogP contribution in [0.5, 0.6) is 0 Å². The van der Waals surface area contributed by atoms with Gasteiger partial charge in [-0.15, -0.1) is 0 Å². The fraction of sp³-hybridized carbons (Fsp3) is 0.143. The smallest absolute Gasteiger partial charge is 0.319 e. The lowest BCUT2D eigenvalue weighted by molar-refractivity contribution is -0.131. The van der Waals surface area contributed by atoms with E-state index in [0.717, 1.165) is 21.2 Å². The van der Waals surface area contributed by atoms with Crippen molar-refractivity contribution in [1.82, 2.24) is 10.2 Å². The zero-order chi connectivity index (χ0) is 19.2. The second-order valence-corrected chi connectivity index (χ2v) is 7.12. The minimum absolute atomic E-state index is 0.0237. The summed E-state index contributed by atoms with van der Waals surface area (Å²) >= 11 is 6.06. The molecule has 0 saturated carbocycles. The number of benzene rings is 3. The van der Waals surface area contributed by atoms with Crippen LogP contribution in [0.1, 0.15) is 18.1 Å². The molecule has 0 radical (unpaired) electrons. The zero-order valence-electron chi connectivity index (χ0n) is 14.5. The Labute approximate surface area is 160 Å². The Kier molecular flexibility index (Phi) is 4.12. The summed E-state index contributed by atoms with van der Waals surface area (Å²) in [6.07, 6.45) is 0. The highest BCUT2D eigenvalue weighted by Crippen LogP contribution is 2.34. The summed E-state index contributed by atoms with van der Waals surface area (Å²) < 4.78 is 13.3. The Hall–Kier alpha value is -2.92.